The van der Waals surface area contributed by atoms with Crippen molar-refractivity contribution < 1.29 is 0 Å². The molecular weight excluding hydrogens is 444 g/mol. The highest BCUT2D eigenvalue weighted by molar-refractivity contribution is 7.25. The summed E-state index contributed by atoms with van der Waals surface area (Å²) >= 11 is 1.85. The Bertz CT molecular complexity index is 1850. The van der Waals surface area contributed by atoms with Gasteiger partial charge in [0, 0.05) is 36.5 Å². The lowest BCUT2D eigenvalue weighted by Gasteiger charge is -2.14. The Morgan fingerprint density at radius 2 is 1.26 bits per heavy atom. The monoisotopic (exact) mass is 466 g/mol. The van der Waals surface area contributed by atoms with Crippen LogP contribution in [0.5, 0.6) is 0 Å². The van der Waals surface area contributed by atoms with Gasteiger partial charge in [-0.1, -0.05) is 78.9 Å². The first kappa shape index (κ1) is 20.2. The molecule has 0 fully saturated rings. The Morgan fingerprint density at radius 1 is 0.629 bits per heavy atom. The molecule has 2 heterocycles. The maximum atomic E-state index is 4.05. The van der Waals surface area contributed by atoms with Crippen LogP contribution in [-0.4, -0.2) is 11.3 Å². The van der Waals surface area contributed by atoms with Gasteiger partial charge in [0.1, 0.15) is 0 Å². The van der Waals surface area contributed by atoms with E-state index >= 15 is 0 Å². The zero-order chi connectivity index (χ0) is 23.4. The summed E-state index contributed by atoms with van der Waals surface area (Å²) in [6.07, 6.45) is 0. The molecule has 0 saturated carbocycles. The number of hydrogen-bond acceptors (Lipinski definition) is 2. The zero-order valence-corrected chi connectivity index (χ0v) is 19.9. The third kappa shape index (κ3) is 3.13. The van der Waals surface area contributed by atoms with Gasteiger partial charge in [0.25, 0.3) is 0 Å². The third-order valence-electron chi connectivity index (χ3n) is 6.87. The van der Waals surface area contributed by atoms with E-state index in [1.165, 1.54) is 64.4 Å². The van der Waals surface area contributed by atoms with Crippen molar-refractivity contribution in [3.05, 3.63) is 115 Å². The van der Waals surface area contributed by atoms with Crippen LogP contribution in [0.15, 0.2) is 114 Å². The summed E-state index contributed by atoms with van der Waals surface area (Å²) in [5.41, 5.74) is 7.32. The SMILES string of the molecule is C=NCc1ccc2c(c1)sc1cc(-c3ccccc3-n3c4ccccc4c4ccccc43)ccc12. The molecule has 7 rings (SSSR count). The lowest BCUT2D eigenvalue weighted by molar-refractivity contribution is 1.09. The largest absolute Gasteiger partial charge is 0.309 e. The van der Waals surface area contributed by atoms with Gasteiger partial charge in [-0.2, -0.15) is 0 Å². The zero-order valence-electron chi connectivity index (χ0n) is 19.1. The highest BCUT2D eigenvalue weighted by Gasteiger charge is 2.15. The number of aromatic nitrogens is 1. The number of rotatable bonds is 4. The van der Waals surface area contributed by atoms with Crippen LogP contribution >= 0.6 is 11.3 Å². The molecule has 0 unspecified atom stereocenters. The average Bonchev–Trinajstić information content (AvgIpc) is 3.43. The summed E-state index contributed by atoms with van der Waals surface area (Å²) < 4.78 is 5.01. The Hall–Kier alpha value is -4.21. The topological polar surface area (TPSA) is 17.3 Å². The molecule has 0 N–H and O–H groups in total. The number of nitrogens with zero attached hydrogens (tertiary/aromatic N) is 2. The molecule has 0 bridgehead atoms. The van der Waals surface area contributed by atoms with Gasteiger partial charge in [0.05, 0.1) is 23.3 Å². The minimum Gasteiger partial charge on any atom is -0.309 e. The van der Waals surface area contributed by atoms with E-state index in [1.54, 1.807) is 0 Å². The van der Waals surface area contributed by atoms with Crippen molar-refractivity contribution in [2.45, 2.75) is 6.54 Å². The van der Waals surface area contributed by atoms with Gasteiger partial charge >= 0.3 is 0 Å². The van der Waals surface area contributed by atoms with Crippen LogP contribution in [0.1, 0.15) is 5.56 Å². The van der Waals surface area contributed by atoms with Gasteiger partial charge in [-0.3, -0.25) is 4.99 Å². The fraction of sp³-hybridized carbons (Fsp3) is 0.0312. The number of thiophene rings is 1. The molecule has 5 aromatic carbocycles. The van der Waals surface area contributed by atoms with Crippen molar-refractivity contribution in [1.82, 2.24) is 4.57 Å². The molecule has 0 aliphatic rings. The summed E-state index contributed by atoms with van der Waals surface area (Å²) in [6, 6.07) is 39.6. The van der Waals surface area contributed by atoms with Crippen molar-refractivity contribution in [2.24, 2.45) is 4.99 Å². The number of benzene rings is 5. The Kier molecular flexibility index (Phi) is 4.58. The highest BCUT2D eigenvalue weighted by Crippen LogP contribution is 2.40. The summed E-state index contributed by atoms with van der Waals surface area (Å²) in [6.45, 7) is 4.30. The molecule has 0 amide bonds. The molecular formula is C32H22N2S. The Morgan fingerprint density at radius 3 is 2.00 bits per heavy atom. The molecule has 0 aliphatic heterocycles. The van der Waals surface area contributed by atoms with E-state index in [-0.39, 0.29) is 0 Å². The van der Waals surface area contributed by atoms with Crippen LogP contribution in [0.25, 0.3) is 58.8 Å². The molecule has 7 aromatic rings. The first-order valence-corrected chi connectivity index (χ1v) is 12.6. The quantitative estimate of drug-likeness (QED) is 0.230. The molecule has 166 valence electrons. The summed E-state index contributed by atoms with van der Waals surface area (Å²) in [7, 11) is 0. The summed E-state index contributed by atoms with van der Waals surface area (Å²) in [5, 5.41) is 5.17. The second-order valence-corrected chi connectivity index (χ2v) is 10.00. The van der Waals surface area contributed by atoms with Crippen molar-refractivity contribution >= 4 is 60.0 Å². The number of para-hydroxylation sites is 3. The normalized spacial score (nSPS) is 11.7. The Labute approximate surface area is 207 Å². The van der Waals surface area contributed by atoms with E-state index in [0.29, 0.717) is 6.54 Å². The summed E-state index contributed by atoms with van der Waals surface area (Å²) in [5.74, 6) is 0. The minimum atomic E-state index is 0.654. The second-order valence-electron chi connectivity index (χ2n) is 8.91. The molecule has 0 atom stereocenters. The van der Waals surface area contributed by atoms with Crippen LogP contribution < -0.4 is 0 Å². The predicted molar refractivity (Wildman–Crippen MR) is 152 cm³/mol. The van der Waals surface area contributed by atoms with Crippen molar-refractivity contribution in [3.8, 4) is 16.8 Å². The van der Waals surface area contributed by atoms with E-state index in [1.807, 2.05) is 11.3 Å². The Balaban J connectivity index is 1.46. The molecule has 35 heavy (non-hydrogen) atoms. The molecule has 2 nitrogen and oxygen atoms in total. The van der Waals surface area contributed by atoms with Crippen molar-refractivity contribution in [2.75, 3.05) is 0 Å². The van der Waals surface area contributed by atoms with Gasteiger partial charge in [-0.25, -0.2) is 0 Å². The van der Waals surface area contributed by atoms with Crippen molar-refractivity contribution in [3.63, 3.8) is 0 Å². The maximum Gasteiger partial charge on any atom is 0.0633 e. The van der Waals surface area contributed by atoms with Gasteiger partial charge in [0.15, 0.2) is 0 Å². The van der Waals surface area contributed by atoms with Crippen LogP contribution in [0.3, 0.4) is 0 Å². The maximum absolute atomic E-state index is 4.05. The fourth-order valence-corrected chi connectivity index (χ4v) is 6.52. The smallest absolute Gasteiger partial charge is 0.0633 e. The van der Waals surface area contributed by atoms with Crippen LogP contribution in [0, 0.1) is 0 Å². The molecule has 2 aromatic heterocycles. The van der Waals surface area contributed by atoms with Crippen LogP contribution in [0.4, 0.5) is 0 Å². The van der Waals surface area contributed by atoms with E-state index in [0.717, 1.165) is 0 Å². The average molecular weight is 467 g/mol. The molecule has 0 saturated heterocycles. The fourth-order valence-electron chi connectivity index (χ4n) is 5.31. The molecule has 3 heteroatoms. The predicted octanol–water partition coefficient (Wildman–Crippen LogP) is 9.02. The first-order chi connectivity index (χ1) is 17.3. The van der Waals surface area contributed by atoms with Gasteiger partial charge < -0.3 is 4.57 Å². The molecule has 0 aliphatic carbocycles. The first-order valence-electron chi connectivity index (χ1n) is 11.8. The number of hydrogen-bond donors (Lipinski definition) is 0. The number of fused-ring (bicyclic) bond motifs is 6. The van der Waals surface area contributed by atoms with E-state index in [2.05, 4.69) is 125 Å². The molecule has 0 spiro atoms. The highest BCUT2D eigenvalue weighted by atomic mass is 32.1. The number of aliphatic imine (C=N–C) groups is 1. The van der Waals surface area contributed by atoms with Crippen molar-refractivity contribution in [1.29, 1.82) is 0 Å². The summed E-state index contributed by atoms with van der Waals surface area (Å²) in [4.78, 5) is 4.05. The van der Waals surface area contributed by atoms with Gasteiger partial charge in [-0.05, 0) is 48.2 Å². The third-order valence-corrected chi connectivity index (χ3v) is 7.98. The lowest BCUT2D eigenvalue weighted by Crippen LogP contribution is -1.96. The molecule has 0 radical (unpaired) electrons. The van der Waals surface area contributed by atoms with E-state index in [4.69, 9.17) is 0 Å². The van der Waals surface area contributed by atoms with Crippen LogP contribution in [0.2, 0.25) is 0 Å². The van der Waals surface area contributed by atoms with Gasteiger partial charge in [-0.15, -0.1) is 11.3 Å². The van der Waals surface area contributed by atoms with Crippen LogP contribution in [-0.2, 0) is 6.54 Å². The van der Waals surface area contributed by atoms with E-state index < -0.39 is 0 Å². The van der Waals surface area contributed by atoms with E-state index in [9.17, 15) is 0 Å². The minimum absolute atomic E-state index is 0.654. The standard InChI is InChI=1S/C32H22N2S/c1-33-20-21-14-16-26-27-17-15-22(19-32(27)35-31(26)18-21)23-8-2-5-11-28(23)34-29-12-6-3-9-24(29)25-10-4-7-13-30(25)34/h2-19H,1,20H2. The lowest BCUT2D eigenvalue weighted by atomic mass is 10.0. The second kappa shape index (κ2) is 7.93. The van der Waals surface area contributed by atoms with Gasteiger partial charge in [0.2, 0.25) is 0 Å².